The first kappa shape index (κ1) is 17.4. The van der Waals surface area contributed by atoms with Crippen molar-refractivity contribution in [2.24, 2.45) is 0 Å². The Hall–Kier alpha value is -1.62. The molecule has 0 saturated heterocycles. The molecule has 0 radical (unpaired) electrons. The van der Waals surface area contributed by atoms with Gasteiger partial charge < -0.3 is 15.1 Å². The lowest BCUT2D eigenvalue weighted by Gasteiger charge is -2.26. The fraction of sp³-hybridized carbons (Fsp3) is 0.562. The molecule has 118 valence electrons. The molecule has 1 aromatic carbocycles. The second kappa shape index (κ2) is 8.62. The summed E-state index contributed by atoms with van der Waals surface area (Å²) in [7, 11) is 3.48. The van der Waals surface area contributed by atoms with Gasteiger partial charge in [0.2, 0.25) is 5.91 Å². The number of anilines is 1. The van der Waals surface area contributed by atoms with Crippen molar-refractivity contribution in [3.05, 3.63) is 29.6 Å². The number of nitrogens with zero attached hydrogens (tertiary/aromatic N) is 2. The van der Waals surface area contributed by atoms with E-state index in [-0.39, 0.29) is 11.7 Å². The smallest absolute Gasteiger partial charge is 0.241 e. The molecule has 5 heteroatoms. The lowest BCUT2D eigenvalue weighted by Crippen LogP contribution is -2.37. The lowest BCUT2D eigenvalue weighted by atomic mass is 10.1. The summed E-state index contributed by atoms with van der Waals surface area (Å²) in [6, 6.07) is 4.74. The maximum atomic E-state index is 13.5. The molecule has 0 aliphatic rings. The summed E-state index contributed by atoms with van der Waals surface area (Å²) in [4.78, 5) is 15.5. The summed E-state index contributed by atoms with van der Waals surface area (Å²) >= 11 is 0. The summed E-state index contributed by atoms with van der Waals surface area (Å²) in [5.41, 5.74) is 1.80. The van der Waals surface area contributed by atoms with Gasteiger partial charge in [0.25, 0.3) is 0 Å². The molecule has 0 saturated carbocycles. The van der Waals surface area contributed by atoms with Gasteiger partial charge in [-0.1, -0.05) is 6.92 Å². The standard InChI is InChI=1S/C16H26FN3O/c1-5-9-18-11-13-10-14(17)7-8-15(13)20(6-2)12-16(21)19(3)4/h7-8,10,18H,5-6,9,11-12H2,1-4H3. The number of carbonyl (C=O) groups is 1. The fourth-order valence-corrected chi connectivity index (χ4v) is 2.08. The van der Waals surface area contributed by atoms with E-state index in [1.54, 1.807) is 31.1 Å². The van der Waals surface area contributed by atoms with Crippen LogP contribution in [0.25, 0.3) is 0 Å². The molecule has 1 aromatic rings. The van der Waals surface area contributed by atoms with Crippen molar-refractivity contribution in [2.45, 2.75) is 26.8 Å². The van der Waals surface area contributed by atoms with Crippen molar-refractivity contribution in [3.8, 4) is 0 Å². The highest BCUT2D eigenvalue weighted by molar-refractivity contribution is 5.81. The lowest BCUT2D eigenvalue weighted by molar-refractivity contribution is -0.127. The van der Waals surface area contributed by atoms with Gasteiger partial charge >= 0.3 is 0 Å². The molecule has 0 heterocycles. The third kappa shape index (κ3) is 5.34. The van der Waals surface area contributed by atoms with Crippen LogP contribution in [0.3, 0.4) is 0 Å². The van der Waals surface area contributed by atoms with E-state index in [0.717, 1.165) is 24.2 Å². The Morgan fingerprint density at radius 2 is 2.00 bits per heavy atom. The molecule has 21 heavy (non-hydrogen) atoms. The van der Waals surface area contributed by atoms with Gasteiger partial charge in [0.05, 0.1) is 6.54 Å². The molecule has 0 fully saturated rings. The van der Waals surface area contributed by atoms with Gasteiger partial charge in [-0.05, 0) is 43.7 Å². The highest BCUT2D eigenvalue weighted by Crippen LogP contribution is 2.22. The molecule has 4 nitrogen and oxygen atoms in total. The van der Waals surface area contributed by atoms with Crippen LogP contribution in [0.5, 0.6) is 0 Å². The van der Waals surface area contributed by atoms with Crippen LogP contribution in [0.1, 0.15) is 25.8 Å². The maximum Gasteiger partial charge on any atom is 0.241 e. The number of halogens is 1. The summed E-state index contributed by atoms with van der Waals surface area (Å²) in [6.07, 6.45) is 1.03. The predicted octanol–water partition coefficient (Wildman–Crippen LogP) is 2.24. The molecule has 1 rings (SSSR count). The average Bonchev–Trinajstić information content (AvgIpc) is 2.45. The number of likely N-dealkylation sites (N-methyl/N-ethyl adjacent to an activating group) is 2. The van der Waals surface area contributed by atoms with E-state index >= 15 is 0 Å². The van der Waals surface area contributed by atoms with Gasteiger partial charge in [-0.3, -0.25) is 4.79 Å². The number of rotatable bonds is 8. The normalized spacial score (nSPS) is 10.5. The highest BCUT2D eigenvalue weighted by Gasteiger charge is 2.15. The van der Waals surface area contributed by atoms with E-state index < -0.39 is 0 Å². The second-order valence-corrected chi connectivity index (χ2v) is 5.25. The number of carbonyl (C=O) groups excluding carboxylic acids is 1. The van der Waals surface area contributed by atoms with Gasteiger partial charge in [0.15, 0.2) is 0 Å². The summed E-state index contributed by atoms with van der Waals surface area (Å²) in [6.45, 7) is 6.58. The molecule has 1 N–H and O–H groups in total. The van der Waals surface area contributed by atoms with Gasteiger partial charge in [0, 0.05) is 32.9 Å². The van der Waals surface area contributed by atoms with Gasteiger partial charge in [-0.25, -0.2) is 4.39 Å². The fourth-order valence-electron chi connectivity index (χ4n) is 2.08. The van der Waals surface area contributed by atoms with Crippen LogP contribution in [-0.4, -0.2) is 44.5 Å². The van der Waals surface area contributed by atoms with E-state index in [1.807, 2.05) is 11.8 Å². The number of nitrogens with one attached hydrogen (secondary N) is 1. The molecule has 0 spiro atoms. The van der Waals surface area contributed by atoms with Crippen LogP contribution in [0.2, 0.25) is 0 Å². The molecule has 0 aliphatic heterocycles. The van der Waals surface area contributed by atoms with Gasteiger partial charge in [0.1, 0.15) is 5.82 Å². The minimum atomic E-state index is -0.248. The molecule has 0 unspecified atom stereocenters. The first-order chi connectivity index (χ1) is 9.99. The van der Waals surface area contributed by atoms with Crippen LogP contribution in [0.4, 0.5) is 10.1 Å². The van der Waals surface area contributed by atoms with E-state index in [9.17, 15) is 9.18 Å². The third-order valence-electron chi connectivity index (χ3n) is 3.33. The quantitative estimate of drug-likeness (QED) is 0.747. The number of amides is 1. The molecule has 0 bridgehead atoms. The van der Waals surface area contributed by atoms with E-state index in [2.05, 4.69) is 12.2 Å². The molecular formula is C16H26FN3O. The van der Waals surface area contributed by atoms with Gasteiger partial charge in [-0.15, -0.1) is 0 Å². The minimum Gasteiger partial charge on any atom is -0.362 e. The largest absolute Gasteiger partial charge is 0.362 e. The topological polar surface area (TPSA) is 35.6 Å². The Balaban J connectivity index is 2.93. The van der Waals surface area contributed by atoms with Crippen molar-refractivity contribution >= 4 is 11.6 Å². The summed E-state index contributed by atoms with van der Waals surface area (Å²) in [5, 5.41) is 3.29. The van der Waals surface area contributed by atoms with Crippen molar-refractivity contribution in [1.82, 2.24) is 10.2 Å². The molecule has 1 amide bonds. The van der Waals surface area contributed by atoms with E-state index in [4.69, 9.17) is 0 Å². The average molecular weight is 295 g/mol. The van der Waals surface area contributed by atoms with Crippen LogP contribution in [-0.2, 0) is 11.3 Å². The summed E-state index contributed by atoms with van der Waals surface area (Å²) in [5.74, 6) is -0.212. The zero-order valence-corrected chi connectivity index (χ0v) is 13.4. The minimum absolute atomic E-state index is 0.0358. The number of hydrogen-bond donors (Lipinski definition) is 1. The number of hydrogen-bond acceptors (Lipinski definition) is 3. The van der Waals surface area contributed by atoms with Crippen molar-refractivity contribution in [3.63, 3.8) is 0 Å². The first-order valence-corrected chi connectivity index (χ1v) is 7.43. The zero-order chi connectivity index (χ0) is 15.8. The third-order valence-corrected chi connectivity index (χ3v) is 3.33. The number of benzene rings is 1. The van der Waals surface area contributed by atoms with Crippen LogP contribution < -0.4 is 10.2 Å². The first-order valence-electron chi connectivity index (χ1n) is 7.43. The predicted molar refractivity (Wildman–Crippen MR) is 85.0 cm³/mol. The van der Waals surface area contributed by atoms with E-state index in [0.29, 0.717) is 19.6 Å². The monoisotopic (exact) mass is 295 g/mol. The maximum absolute atomic E-state index is 13.5. The zero-order valence-electron chi connectivity index (χ0n) is 13.4. The van der Waals surface area contributed by atoms with Crippen LogP contribution in [0, 0.1) is 5.82 Å². The van der Waals surface area contributed by atoms with Crippen molar-refractivity contribution in [2.75, 3.05) is 38.6 Å². The Morgan fingerprint density at radius 3 is 2.57 bits per heavy atom. The van der Waals surface area contributed by atoms with Gasteiger partial charge in [-0.2, -0.15) is 0 Å². The Morgan fingerprint density at radius 1 is 1.29 bits per heavy atom. The second-order valence-electron chi connectivity index (χ2n) is 5.25. The summed E-state index contributed by atoms with van der Waals surface area (Å²) < 4.78 is 13.5. The SMILES string of the molecule is CCCNCc1cc(F)ccc1N(CC)CC(=O)N(C)C. The van der Waals surface area contributed by atoms with E-state index in [1.165, 1.54) is 6.07 Å². The Kier molecular flexibility index (Phi) is 7.15. The molecular weight excluding hydrogens is 269 g/mol. The molecule has 0 aliphatic carbocycles. The molecule has 0 atom stereocenters. The Bertz CT molecular complexity index is 463. The highest BCUT2D eigenvalue weighted by atomic mass is 19.1. The van der Waals surface area contributed by atoms with Crippen LogP contribution in [0.15, 0.2) is 18.2 Å². The van der Waals surface area contributed by atoms with Crippen molar-refractivity contribution < 1.29 is 9.18 Å². The van der Waals surface area contributed by atoms with Crippen molar-refractivity contribution in [1.29, 1.82) is 0 Å². The Labute approximate surface area is 126 Å². The van der Waals surface area contributed by atoms with Crippen LogP contribution >= 0.6 is 0 Å². The molecule has 0 aromatic heterocycles.